The van der Waals surface area contributed by atoms with Crippen LogP contribution in [0.25, 0.3) is 0 Å². The minimum atomic E-state index is -0.871. The van der Waals surface area contributed by atoms with E-state index in [-0.39, 0.29) is 12.3 Å². The van der Waals surface area contributed by atoms with Crippen molar-refractivity contribution in [3.63, 3.8) is 0 Å². The van der Waals surface area contributed by atoms with Crippen LogP contribution in [0.1, 0.15) is 38.5 Å². The van der Waals surface area contributed by atoms with Gasteiger partial charge in [0, 0.05) is 15.7 Å². The number of aliphatic carboxylic acids is 1. The van der Waals surface area contributed by atoms with Crippen molar-refractivity contribution in [1.82, 2.24) is 0 Å². The Hall–Kier alpha value is -1.11. The number of rotatable bonds is 4. The number of halogens is 1. The molecule has 5 heteroatoms. The summed E-state index contributed by atoms with van der Waals surface area (Å²) in [5.41, 5.74) is -0.150. The Morgan fingerprint density at radius 3 is 2.55 bits per heavy atom. The molecule has 0 unspecified atom stereocenters. The lowest BCUT2D eigenvalue weighted by atomic mass is 9.71. The average Bonchev–Trinajstić information content (AvgIpc) is 2.39. The maximum atomic E-state index is 12.1. The fourth-order valence-electron chi connectivity index (χ4n) is 2.77. The average molecular weight is 387 g/mol. The van der Waals surface area contributed by atoms with Gasteiger partial charge in [0.1, 0.15) is 0 Å². The highest BCUT2D eigenvalue weighted by molar-refractivity contribution is 14.1. The van der Waals surface area contributed by atoms with Crippen LogP contribution >= 0.6 is 22.6 Å². The smallest absolute Gasteiger partial charge is 0.310 e. The van der Waals surface area contributed by atoms with Crippen molar-refractivity contribution in [3.05, 3.63) is 27.8 Å². The number of hydrogen-bond donors (Lipinski definition) is 2. The zero-order valence-corrected chi connectivity index (χ0v) is 13.4. The molecule has 0 spiro atoms. The molecule has 2 rings (SSSR count). The van der Waals surface area contributed by atoms with E-state index >= 15 is 0 Å². The van der Waals surface area contributed by atoms with Crippen LogP contribution in [0, 0.1) is 8.99 Å². The number of carbonyl (C=O) groups is 2. The van der Waals surface area contributed by atoms with Gasteiger partial charge in [-0.15, -0.1) is 0 Å². The number of carbonyl (C=O) groups excluding carboxylic acids is 1. The van der Waals surface area contributed by atoms with Crippen LogP contribution in [0.2, 0.25) is 0 Å². The lowest BCUT2D eigenvalue weighted by molar-refractivity contribution is -0.153. The number of benzene rings is 1. The monoisotopic (exact) mass is 387 g/mol. The maximum absolute atomic E-state index is 12.1. The van der Waals surface area contributed by atoms with Gasteiger partial charge in [-0.05, 0) is 53.6 Å². The second kappa shape index (κ2) is 6.56. The number of hydrogen-bond acceptors (Lipinski definition) is 2. The van der Waals surface area contributed by atoms with E-state index < -0.39 is 11.4 Å². The minimum Gasteiger partial charge on any atom is -0.481 e. The second-order valence-corrected chi connectivity index (χ2v) is 6.63. The van der Waals surface area contributed by atoms with E-state index in [4.69, 9.17) is 0 Å². The maximum Gasteiger partial charge on any atom is 0.310 e. The molecule has 1 aliphatic rings. The molecule has 0 heterocycles. The van der Waals surface area contributed by atoms with Crippen LogP contribution in [0.3, 0.4) is 0 Å². The normalized spacial score (nSPS) is 17.4. The topological polar surface area (TPSA) is 66.4 Å². The van der Waals surface area contributed by atoms with Crippen molar-refractivity contribution in [2.45, 2.75) is 38.5 Å². The van der Waals surface area contributed by atoms with E-state index in [1.807, 2.05) is 24.3 Å². The number of anilines is 1. The molecule has 1 aliphatic carbocycles. The van der Waals surface area contributed by atoms with Gasteiger partial charge in [-0.3, -0.25) is 9.59 Å². The molecule has 0 bridgehead atoms. The van der Waals surface area contributed by atoms with Gasteiger partial charge in [0.15, 0.2) is 0 Å². The van der Waals surface area contributed by atoms with Gasteiger partial charge in [-0.25, -0.2) is 0 Å². The third-order valence-electron chi connectivity index (χ3n) is 3.87. The predicted molar refractivity (Wildman–Crippen MR) is 85.6 cm³/mol. The van der Waals surface area contributed by atoms with Crippen molar-refractivity contribution < 1.29 is 14.7 Å². The highest BCUT2D eigenvalue weighted by Crippen LogP contribution is 2.39. The van der Waals surface area contributed by atoms with E-state index in [0.717, 1.165) is 28.5 Å². The van der Waals surface area contributed by atoms with Crippen molar-refractivity contribution in [3.8, 4) is 0 Å². The zero-order chi connectivity index (χ0) is 14.6. The first kappa shape index (κ1) is 15.3. The molecule has 1 aromatic rings. The fraction of sp³-hybridized carbons (Fsp3) is 0.467. The molecule has 1 amide bonds. The molecule has 0 saturated heterocycles. The molecule has 0 radical (unpaired) electrons. The summed E-state index contributed by atoms with van der Waals surface area (Å²) in [5, 5.41) is 12.3. The van der Waals surface area contributed by atoms with E-state index in [1.165, 1.54) is 0 Å². The van der Waals surface area contributed by atoms with Gasteiger partial charge in [0.05, 0.1) is 5.41 Å². The van der Waals surface area contributed by atoms with Crippen LogP contribution < -0.4 is 5.32 Å². The van der Waals surface area contributed by atoms with Crippen LogP contribution in [0.4, 0.5) is 5.69 Å². The first-order valence-electron chi connectivity index (χ1n) is 6.81. The van der Waals surface area contributed by atoms with E-state index in [1.54, 1.807) is 0 Å². The molecular formula is C15H18INO3. The number of carboxylic acid groups (broad SMARTS) is 1. The summed E-state index contributed by atoms with van der Waals surface area (Å²) in [6.45, 7) is 0. The van der Waals surface area contributed by atoms with Gasteiger partial charge in [-0.1, -0.05) is 25.3 Å². The summed E-state index contributed by atoms with van der Waals surface area (Å²) < 4.78 is 1.03. The Bertz CT molecular complexity index is 510. The summed E-state index contributed by atoms with van der Waals surface area (Å²) in [6, 6.07) is 7.49. The number of nitrogens with one attached hydrogen (secondary N) is 1. The molecule has 0 atom stereocenters. The molecule has 0 aliphatic heterocycles. The highest BCUT2D eigenvalue weighted by Gasteiger charge is 2.41. The van der Waals surface area contributed by atoms with Gasteiger partial charge in [0.25, 0.3) is 0 Å². The molecule has 1 aromatic carbocycles. The quantitative estimate of drug-likeness (QED) is 0.776. The summed E-state index contributed by atoms with van der Waals surface area (Å²) in [5.74, 6) is -1.05. The molecular weight excluding hydrogens is 369 g/mol. The number of carboxylic acids is 1. The largest absolute Gasteiger partial charge is 0.481 e. The summed E-state index contributed by atoms with van der Waals surface area (Å²) in [7, 11) is 0. The third kappa shape index (κ3) is 3.71. The molecule has 108 valence electrons. The molecule has 1 saturated carbocycles. The molecule has 0 aromatic heterocycles. The molecule has 20 heavy (non-hydrogen) atoms. The van der Waals surface area contributed by atoms with Gasteiger partial charge >= 0.3 is 5.97 Å². The minimum absolute atomic E-state index is 0.0633. The van der Waals surface area contributed by atoms with Crippen molar-refractivity contribution >= 4 is 40.2 Å². The molecule has 2 N–H and O–H groups in total. The molecule has 4 nitrogen and oxygen atoms in total. The van der Waals surface area contributed by atoms with Crippen LogP contribution in [-0.4, -0.2) is 17.0 Å². The molecule has 1 fully saturated rings. The Labute approximate surface area is 132 Å². The Morgan fingerprint density at radius 1 is 1.25 bits per heavy atom. The van der Waals surface area contributed by atoms with Crippen molar-refractivity contribution in [1.29, 1.82) is 0 Å². The van der Waals surface area contributed by atoms with Crippen LogP contribution in [0.15, 0.2) is 24.3 Å². The van der Waals surface area contributed by atoms with E-state index in [0.29, 0.717) is 12.8 Å². The number of amides is 1. The standard InChI is InChI=1S/C15H18INO3/c16-11-5-4-6-12(9-11)17-13(18)10-15(14(19)20)7-2-1-3-8-15/h4-6,9H,1-3,7-8,10H2,(H,17,18)(H,19,20). The summed E-state index contributed by atoms with van der Waals surface area (Å²) in [4.78, 5) is 23.7. The van der Waals surface area contributed by atoms with E-state index in [9.17, 15) is 14.7 Å². The third-order valence-corrected chi connectivity index (χ3v) is 4.54. The Balaban J connectivity index is 2.03. The zero-order valence-electron chi connectivity index (χ0n) is 11.2. The van der Waals surface area contributed by atoms with E-state index in [2.05, 4.69) is 27.9 Å². The summed E-state index contributed by atoms with van der Waals surface area (Å²) in [6.07, 6.45) is 4.11. The fourth-order valence-corrected chi connectivity index (χ4v) is 3.32. The lowest BCUT2D eigenvalue weighted by Crippen LogP contribution is -2.37. The highest BCUT2D eigenvalue weighted by atomic mass is 127. The van der Waals surface area contributed by atoms with Gasteiger partial charge in [0.2, 0.25) is 5.91 Å². The second-order valence-electron chi connectivity index (χ2n) is 5.38. The van der Waals surface area contributed by atoms with Gasteiger partial charge < -0.3 is 10.4 Å². The first-order valence-corrected chi connectivity index (χ1v) is 7.89. The first-order chi connectivity index (χ1) is 9.52. The van der Waals surface area contributed by atoms with Crippen molar-refractivity contribution in [2.24, 2.45) is 5.41 Å². The predicted octanol–water partition coefficient (Wildman–Crippen LogP) is 3.65. The Kier molecular flexibility index (Phi) is 5.01. The summed E-state index contributed by atoms with van der Waals surface area (Å²) >= 11 is 2.18. The SMILES string of the molecule is O=C(CC1(C(=O)O)CCCCC1)Nc1cccc(I)c1. The van der Waals surface area contributed by atoms with Gasteiger partial charge in [-0.2, -0.15) is 0 Å². The van der Waals surface area contributed by atoms with Crippen molar-refractivity contribution in [2.75, 3.05) is 5.32 Å². The Morgan fingerprint density at radius 2 is 1.95 bits per heavy atom. The van der Waals surface area contributed by atoms with Crippen LogP contribution in [-0.2, 0) is 9.59 Å². The van der Waals surface area contributed by atoms with Crippen LogP contribution in [0.5, 0.6) is 0 Å². The lowest BCUT2D eigenvalue weighted by Gasteiger charge is -2.32.